The average Bonchev–Trinajstić information content (AvgIpc) is 3.01. The number of piperazine rings is 1. The summed E-state index contributed by atoms with van der Waals surface area (Å²) in [5.41, 5.74) is 0.954. The first-order valence-corrected chi connectivity index (χ1v) is 10.6. The van der Waals surface area contributed by atoms with E-state index in [-0.39, 0.29) is 5.82 Å². The van der Waals surface area contributed by atoms with Crippen LogP contribution < -0.4 is 4.74 Å². The second-order valence-corrected chi connectivity index (χ2v) is 8.84. The molecule has 0 bridgehead atoms. The molecule has 1 aliphatic heterocycles. The average molecular weight is 385 g/mol. The van der Waals surface area contributed by atoms with Crippen LogP contribution in [0.3, 0.4) is 0 Å². The van der Waals surface area contributed by atoms with Crippen LogP contribution in [0.1, 0.15) is 10.7 Å². The molecule has 25 heavy (non-hydrogen) atoms. The molecule has 136 valence electrons. The van der Waals surface area contributed by atoms with Crippen LogP contribution in [0.15, 0.2) is 29.6 Å². The SMILES string of the molecule is CS(=O)(=O)N1CCN(Cc2csc(COc3ccc(F)cc3)n2)CC1. The molecule has 1 aromatic heterocycles. The van der Waals surface area contributed by atoms with E-state index in [0.717, 1.165) is 10.7 Å². The summed E-state index contributed by atoms with van der Waals surface area (Å²) in [6.07, 6.45) is 1.25. The zero-order valence-electron chi connectivity index (χ0n) is 13.9. The molecule has 1 aliphatic rings. The van der Waals surface area contributed by atoms with Gasteiger partial charge in [0.25, 0.3) is 0 Å². The molecule has 1 saturated heterocycles. The van der Waals surface area contributed by atoms with Crippen molar-refractivity contribution < 1.29 is 17.5 Å². The molecule has 0 aliphatic carbocycles. The van der Waals surface area contributed by atoms with Crippen LogP contribution >= 0.6 is 11.3 Å². The standard InChI is InChI=1S/C16H20FN3O3S2/c1-25(21,22)20-8-6-19(7-9-20)10-14-12-24-16(18-14)11-23-15-4-2-13(17)3-5-15/h2-5,12H,6-11H2,1H3. The van der Waals surface area contributed by atoms with E-state index in [1.165, 1.54) is 34.0 Å². The molecule has 0 unspecified atom stereocenters. The third-order valence-electron chi connectivity index (χ3n) is 3.96. The highest BCUT2D eigenvalue weighted by molar-refractivity contribution is 7.88. The van der Waals surface area contributed by atoms with Gasteiger partial charge in [0, 0.05) is 38.1 Å². The minimum atomic E-state index is -3.10. The molecule has 3 rings (SSSR count). The summed E-state index contributed by atoms with van der Waals surface area (Å²) in [6.45, 7) is 3.48. The van der Waals surface area contributed by atoms with Gasteiger partial charge < -0.3 is 4.74 Å². The molecule has 0 spiro atoms. The molecule has 1 aromatic carbocycles. The summed E-state index contributed by atoms with van der Waals surface area (Å²) in [6, 6.07) is 5.90. The van der Waals surface area contributed by atoms with Crippen LogP contribution in [0.5, 0.6) is 5.75 Å². The Morgan fingerprint density at radius 1 is 1.20 bits per heavy atom. The van der Waals surface area contributed by atoms with E-state index in [4.69, 9.17) is 4.74 Å². The summed E-state index contributed by atoms with van der Waals surface area (Å²) >= 11 is 1.52. The van der Waals surface area contributed by atoms with Crippen LogP contribution in [0.4, 0.5) is 4.39 Å². The van der Waals surface area contributed by atoms with Crippen molar-refractivity contribution >= 4 is 21.4 Å². The first-order valence-electron chi connectivity index (χ1n) is 7.89. The summed E-state index contributed by atoms with van der Waals surface area (Å²) < 4.78 is 43.0. The molecule has 0 N–H and O–H groups in total. The van der Waals surface area contributed by atoms with Crippen molar-refractivity contribution in [3.8, 4) is 5.75 Å². The fraction of sp³-hybridized carbons (Fsp3) is 0.438. The van der Waals surface area contributed by atoms with Gasteiger partial charge in [-0.15, -0.1) is 11.3 Å². The number of benzene rings is 1. The number of sulfonamides is 1. The largest absolute Gasteiger partial charge is 0.486 e. The minimum Gasteiger partial charge on any atom is -0.486 e. The molecule has 0 radical (unpaired) electrons. The number of halogens is 1. The van der Waals surface area contributed by atoms with Crippen molar-refractivity contribution in [1.29, 1.82) is 0 Å². The molecule has 2 heterocycles. The van der Waals surface area contributed by atoms with Gasteiger partial charge in [0.15, 0.2) is 0 Å². The van der Waals surface area contributed by atoms with E-state index in [9.17, 15) is 12.8 Å². The highest BCUT2D eigenvalue weighted by atomic mass is 32.2. The van der Waals surface area contributed by atoms with E-state index in [0.29, 0.717) is 45.1 Å². The Hall–Kier alpha value is -1.55. The Labute approximate surface area is 150 Å². The highest BCUT2D eigenvalue weighted by Gasteiger charge is 2.23. The number of nitrogens with zero attached hydrogens (tertiary/aromatic N) is 3. The van der Waals surface area contributed by atoms with E-state index >= 15 is 0 Å². The number of hydrogen-bond acceptors (Lipinski definition) is 6. The topological polar surface area (TPSA) is 62.7 Å². The van der Waals surface area contributed by atoms with Crippen molar-refractivity contribution in [1.82, 2.24) is 14.2 Å². The molecular weight excluding hydrogens is 365 g/mol. The molecule has 1 fully saturated rings. The van der Waals surface area contributed by atoms with Gasteiger partial charge in [-0.2, -0.15) is 4.31 Å². The van der Waals surface area contributed by atoms with Gasteiger partial charge in [-0.05, 0) is 24.3 Å². The lowest BCUT2D eigenvalue weighted by Crippen LogP contribution is -2.47. The molecule has 0 atom stereocenters. The first kappa shape index (κ1) is 18.2. The smallest absolute Gasteiger partial charge is 0.211 e. The Kier molecular flexibility index (Phi) is 5.67. The maximum Gasteiger partial charge on any atom is 0.211 e. The zero-order chi connectivity index (χ0) is 17.9. The number of hydrogen-bond donors (Lipinski definition) is 0. The second-order valence-electron chi connectivity index (χ2n) is 5.91. The summed E-state index contributed by atoms with van der Waals surface area (Å²) in [7, 11) is -3.10. The summed E-state index contributed by atoms with van der Waals surface area (Å²) in [5.74, 6) is 0.315. The third kappa shape index (κ3) is 5.21. The van der Waals surface area contributed by atoms with Crippen molar-refractivity contribution in [2.45, 2.75) is 13.2 Å². The van der Waals surface area contributed by atoms with Crippen LogP contribution in [0.2, 0.25) is 0 Å². The lowest BCUT2D eigenvalue weighted by atomic mass is 10.3. The van der Waals surface area contributed by atoms with Gasteiger partial charge in [-0.1, -0.05) is 0 Å². The zero-order valence-corrected chi connectivity index (χ0v) is 15.5. The van der Waals surface area contributed by atoms with Gasteiger partial charge in [0.1, 0.15) is 23.2 Å². The lowest BCUT2D eigenvalue weighted by Gasteiger charge is -2.32. The maximum absolute atomic E-state index is 12.9. The predicted octanol–water partition coefficient (Wildman–Crippen LogP) is 1.94. The Balaban J connectivity index is 1.48. The Bertz CT molecular complexity index is 800. The van der Waals surface area contributed by atoms with Crippen LogP contribution in [-0.4, -0.2) is 55.0 Å². The minimum absolute atomic E-state index is 0.292. The van der Waals surface area contributed by atoms with Crippen LogP contribution in [0, 0.1) is 5.82 Å². The maximum atomic E-state index is 12.9. The van der Waals surface area contributed by atoms with E-state index in [1.54, 1.807) is 12.1 Å². The van der Waals surface area contributed by atoms with Gasteiger partial charge >= 0.3 is 0 Å². The number of ether oxygens (including phenoxy) is 1. The number of thiazole rings is 1. The summed E-state index contributed by atoms with van der Waals surface area (Å²) in [4.78, 5) is 6.75. The molecular formula is C16H20FN3O3S2. The summed E-state index contributed by atoms with van der Waals surface area (Å²) in [5, 5.41) is 2.85. The van der Waals surface area contributed by atoms with E-state index < -0.39 is 10.0 Å². The van der Waals surface area contributed by atoms with Gasteiger partial charge in [-0.25, -0.2) is 17.8 Å². The molecule has 6 nitrogen and oxygen atoms in total. The van der Waals surface area contributed by atoms with Crippen molar-refractivity contribution in [2.75, 3.05) is 32.4 Å². The van der Waals surface area contributed by atoms with Crippen LogP contribution in [-0.2, 0) is 23.2 Å². The monoisotopic (exact) mass is 385 g/mol. The highest BCUT2D eigenvalue weighted by Crippen LogP contribution is 2.17. The van der Waals surface area contributed by atoms with Crippen molar-refractivity contribution in [3.63, 3.8) is 0 Å². The quantitative estimate of drug-likeness (QED) is 0.760. The fourth-order valence-corrected chi connectivity index (χ4v) is 4.13. The van der Waals surface area contributed by atoms with E-state index in [2.05, 4.69) is 9.88 Å². The van der Waals surface area contributed by atoms with E-state index in [1.807, 2.05) is 5.38 Å². The number of rotatable bonds is 6. The normalized spacial score (nSPS) is 16.9. The molecule has 0 amide bonds. The van der Waals surface area contributed by atoms with Gasteiger partial charge in [-0.3, -0.25) is 4.90 Å². The first-order chi connectivity index (χ1) is 11.9. The molecule has 9 heteroatoms. The van der Waals surface area contributed by atoms with Crippen molar-refractivity contribution in [2.24, 2.45) is 0 Å². The lowest BCUT2D eigenvalue weighted by molar-refractivity contribution is 0.180. The Morgan fingerprint density at radius 2 is 1.88 bits per heavy atom. The predicted molar refractivity (Wildman–Crippen MR) is 94.5 cm³/mol. The fourth-order valence-electron chi connectivity index (χ4n) is 2.61. The number of aromatic nitrogens is 1. The molecule has 2 aromatic rings. The third-order valence-corrected chi connectivity index (χ3v) is 6.14. The van der Waals surface area contributed by atoms with Gasteiger partial charge in [0.05, 0.1) is 11.9 Å². The van der Waals surface area contributed by atoms with Crippen LogP contribution in [0.25, 0.3) is 0 Å². The molecule has 0 saturated carbocycles. The van der Waals surface area contributed by atoms with Crippen molar-refractivity contribution in [3.05, 3.63) is 46.2 Å². The second kappa shape index (κ2) is 7.77. The Morgan fingerprint density at radius 3 is 2.52 bits per heavy atom. The van der Waals surface area contributed by atoms with Gasteiger partial charge in [0.2, 0.25) is 10.0 Å².